The van der Waals surface area contributed by atoms with Crippen molar-refractivity contribution in [3.05, 3.63) is 0 Å². The van der Waals surface area contributed by atoms with Crippen molar-refractivity contribution >= 4 is 5.91 Å². The van der Waals surface area contributed by atoms with Gasteiger partial charge in [0.05, 0.1) is 5.41 Å². The maximum atomic E-state index is 13.0. The van der Waals surface area contributed by atoms with E-state index in [-0.39, 0.29) is 5.41 Å². The van der Waals surface area contributed by atoms with E-state index >= 15 is 0 Å². The van der Waals surface area contributed by atoms with E-state index in [2.05, 4.69) is 18.7 Å². The molecule has 18 heavy (non-hydrogen) atoms. The first-order valence-electron chi connectivity index (χ1n) is 7.63. The monoisotopic (exact) mass is 252 g/mol. The third kappa shape index (κ3) is 2.42. The van der Waals surface area contributed by atoms with Gasteiger partial charge in [0, 0.05) is 18.6 Å². The number of rotatable bonds is 2. The van der Waals surface area contributed by atoms with E-state index in [1.54, 1.807) is 0 Å². The molecule has 2 atom stereocenters. The molecular formula is C15H28N2O. The van der Waals surface area contributed by atoms with Crippen LogP contribution < -0.4 is 5.73 Å². The van der Waals surface area contributed by atoms with Crippen LogP contribution in [-0.4, -0.2) is 29.4 Å². The molecule has 2 rings (SSSR count). The van der Waals surface area contributed by atoms with Crippen molar-refractivity contribution in [2.24, 2.45) is 11.1 Å². The zero-order valence-corrected chi connectivity index (χ0v) is 12.0. The van der Waals surface area contributed by atoms with Gasteiger partial charge in [0.15, 0.2) is 0 Å². The maximum Gasteiger partial charge on any atom is 0.230 e. The summed E-state index contributed by atoms with van der Waals surface area (Å²) in [6.45, 7) is 4.92. The predicted molar refractivity (Wildman–Crippen MR) is 74.2 cm³/mol. The van der Waals surface area contributed by atoms with Crippen molar-refractivity contribution in [1.29, 1.82) is 0 Å². The Morgan fingerprint density at radius 3 is 2.17 bits per heavy atom. The van der Waals surface area contributed by atoms with Crippen molar-refractivity contribution < 1.29 is 4.79 Å². The summed E-state index contributed by atoms with van der Waals surface area (Å²) in [6, 6.07) is 0.790. The lowest BCUT2D eigenvalue weighted by Crippen LogP contribution is -2.56. The molecule has 3 heteroatoms. The lowest BCUT2D eigenvalue weighted by molar-refractivity contribution is -0.150. The summed E-state index contributed by atoms with van der Waals surface area (Å²) in [5.41, 5.74) is 5.75. The average molecular weight is 252 g/mol. The predicted octanol–water partition coefficient (Wildman–Crippen LogP) is 2.69. The van der Waals surface area contributed by atoms with Gasteiger partial charge in [0.25, 0.3) is 0 Å². The largest absolute Gasteiger partial charge is 0.337 e. The van der Waals surface area contributed by atoms with Crippen LogP contribution in [0.2, 0.25) is 0 Å². The Morgan fingerprint density at radius 1 is 1.11 bits per heavy atom. The second-order valence-corrected chi connectivity index (χ2v) is 6.39. The van der Waals surface area contributed by atoms with E-state index < -0.39 is 0 Å². The molecule has 1 saturated carbocycles. The van der Waals surface area contributed by atoms with Gasteiger partial charge < -0.3 is 10.6 Å². The summed E-state index contributed by atoms with van der Waals surface area (Å²) in [6.07, 6.45) is 9.14. The van der Waals surface area contributed by atoms with Gasteiger partial charge in [0.2, 0.25) is 5.91 Å². The maximum absolute atomic E-state index is 13.0. The molecule has 0 radical (unpaired) electrons. The van der Waals surface area contributed by atoms with Gasteiger partial charge >= 0.3 is 0 Å². The second kappa shape index (κ2) is 5.60. The Labute approximate surface area is 111 Å². The molecule has 3 nitrogen and oxygen atoms in total. The molecule has 1 heterocycles. The molecule has 1 aliphatic carbocycles. The Hall–Kier alpha value is -0.570. The van der Waals surface area contributed by atoms with Crippen LogP contribution in [0, 0.1) is 5.41 Å². The molecule has 2 N–H and O–H groups in total. The van der Waals surface area contributed by atoms with Gasteiger partial charge in [-0.25, -0.2) is 0 Å². The van der Waals surface area contributed by atoms with Crippen LogP contribution in [0.3, 0.4) is 0 Å². The second-order valence-electron chi connectivity index (χ2n) is 6.39. The van der Waals surface area contributed by atoms with Crippen molar-refractivity contribution in [2.75, 3.05) is 6.54 Å². The molecule has 1 saturated heterocycles. The Kier molecular flexibility index (Phi) is 4.31. The van der Waals surface area contributed by atoms with Gasteiger partial charge in [-0.1, -0.05) is 19.3 Å². The summed E-state index contributed by atoms with van der Waals surface area (Å²) < 4.78 is 0. The van der Waals surface area contributed by atoms with Gasteiger partial charge in [-0.05, 0) is 46.0 Å². The molecule has 104 valence electrons. The first-order chi connectivity index (χ1) is 8.60. The van der Waals surface area contributed by atoms with Crippen LogP contribution in [0.1, 0.15) is 65.2 Å². The van der Waals surface area contributed by atoms with Crippen molar-refractivity contribution in [3.63, 3.8) is 0 Å². The molecule has 0 aromatic heterocycles. The Morgan fingerprint density at radius 2 is 1.67 bits per heavy atom. The highest BCUT2D eigenvalue weighted by atomic mass is 16.2. The first kappa shape index (κ1) is 13.9. The number of nitrogens with zero attached hydrogens (tertiary/aromatic N) is 1. The smallest absolute Gasteiger partial charge is 0.230 e. The quantitative estimate of drug-likeness (QED) is 0.821. The number of piperidine rings is 1. The number of nitrogens with two attached hydrogens (primary N) is 1. The SMILES string of the molecule is C[C@@H]1CCC[C@H](C)N1C(=O)C1(CN)CCCCC1. The van der Waals surface area contributed by atoms with E-state index in [0.717, 1.165) is 25.7 Å². The fourth-order valence-corrected chi connectivity index (χ4v) is 3.83. The number of carbonyl (C=O) groups is 1. The molecule has 1 aliphatic heterocycles. The zero-order valence-electron chi connectivity index (χ0n) is 12.0. The van der Waals surface area contributed by atoms with Gasteiger partial charge in [-0.2, -0.15) is 0 Å². The molecule has 0 aromatic carbocycles. The topological polar surface area (TPSA) is 46.3 Å². The molecule has 0 bridgehead atoms. The highest BCUT2D eigenvalue weighted by Gasteiger charge is 2.43. The number of likely N-dealkylation sites (tertiary alicyclic amines) is 1. The van der Waals surface area contributed by atoms with E-state index in [1.807, 2.05) is 0 Å². The molecule has 1 amide bonds. The minimum atomic E-state index is -0.238. The van der Waals surface area contributed by atoms with E-state index in [9.17, 15) is 4.79 Å². The third-order valence-electron chi connectivity index (χ3n) is 5.08. The molecule has 0 spiro atoms. The Bertz CT molecular complexity index is 287. The Balaban J connectivity index is 2.16. The van der Waals surface area contributed by atoms with Gasteiger partial charge in [0.1, 0.15) is 0 Å². The minimum absolute atomic E-state index is 0.238. The standard InChI is InChI=1S/C15H28N2O/c1-12-7-6-8-13(2)17(12)14(18)15(11-16)9-4-3-5-10-15/h12-13H,3-11,16H2,1-2H3/t12-,13+. The van der Waals surface area contributed by atoms with Crippen LogP contribution in [0.5, 0.6) is 0 Å². The minimum Gasteiger partial charge on any atom is -0.337 e. The molecule has 0 aromatic rings. The first-order valence-corrected chi connectivity index (χ1v) is 7.63. The normalized spacial score (nSPS) is 32.3. The molecule has 0 unspecified atom stereocenters. The molecule has 2 fully saturated rings. The van der Waals surface area contributed by atoms with E-state index in [0.29, 0.717) is 24.5 Å². The highest BCUT2D eigenvalue weighted by molar-refractivity contribution is 5.83. The summed E-state index contributed by atoms with van der Waals surface area (Å²) >= 11 is 0. The van der Waals surface area contributed by atoms with Crippen LogP contribution in [0.15, 0.2) is 0 Å². The van der Waals surface area contributed by atoms with Gasteiger partial charge in [-0.3, -0.25) is 4.79 Å². The van der Waals surface area contributed by atoms with Crippen LogP contribution >= 0.6 is 0 Å². The van der Waals surface area contributed by atoms with Crippen LogP contribution in [0.4, 0.5) is 0 Å². The highest BCUT2D eigenvalue weighted by Crippen LogP contribution is 2.39. The lowest BCUT2D eigenvalue weighted by atomic mass is 9.72. The molecular weight excluding hydrogens is 224 g/mol. The zero-order chi connectivity index (χ0) is 13.2. The third-order valence-corrected chi connectivity index (χ3v) is 5.08. The lowest BCUT2D eigenvalue weighted by Gasteiger charge is -2.46. The average Bonchev–Trinajstić information content (AvgIpc) is 2.39. The van der Waals surface area contributed by atoms with E-state index in [1.165, 1.54) is 25.7 Å². The van der Waals surface area contributed by atoms with Crippen molar-refractivity contribution in [3.8, 4) is 0 Å². The molecule has 2 aliphatic rings. The summed E-state index contributed by atoms with van der Waals surface area (Å²) in [5, 5.41) is 0. The number of carbonyl (C=O) groups excluding carboxylic acids is 1. The summed E-state index contributed by atoms with van der Waals surface area (Å²) in [4.78, 5) is 15.1. The fraction of sp³-hybridized carbons (Fsp3) is 0.933. The summed E-state index contributed by atoms with van der Waals surface area (Å²) in [7, 11) is 0. The van der Waals surface area contributed by atoms with E-state index in [4.69, 9.17) is 5.73 Å². The van der Waals surface area contributed by atoms with Crippen molar-refractivity contribution in [2.45, 2.75) is 77.3 Å². The number of amides is 1. The van der Waals surface area contributed by atoms with Crippen LogP contribution in [0.25, 0.3) is 0 Å². The number of hydrogen-bond acceptors (Lipinski definition) is 2. The van der Waals surface area contributed by atoms with Gasteiger partial charge in [-0.15, -0.1) is 0 Å². The summed E-state index contributed by atoms with van der Waals surface area (Å²) in [5.74, 6) is 0.351. The number of hydrogen-bond donors (Lipinski definition) is 1. The fourth-order valence-electron chi connectivity index (χ4n) is 3.83. The van der Waals surface area contributed by atoms with Crippen molar-refractivity contribution in [1.82, 2.24) is 4.90 Å². The van der Waals surface area contributed by atoms with Crippen LogP contribution in [-0.2, 0) is 4.79 Å².